The quantitative estimate of drug-likeness (QED) is 0.584. The fraction of sp³-hybridized carbons (Fsp3) is 0.222. The number of benzene rings is 1. The molecule has 0 unspecified atom stereocenters. The summed E-state index contributed by atoms with van der Waals surface area (Å²) in [6, 6.07) is 7.94. The molecule has 0 heterocycles. The van der Waals surface area contributed by atoms with Crippen molar-refractivity contribution in [2.24, 2.45) is 0 Å². The molecule has 1 aromatic carbocycles. The molecule has 0 aromatic heterocycles. The Hall–Kier alpha value is -1.38. The fourth-order valence-electron chi connectivity index (χ4n) is 0.415. The lowest BCUT2D eigenvalue weighted by Crippen LogP contribution is -2.06. The average molecular weight is 169 g/mol. The van der Waals surface area contributed by atoms with Crippen molar-refractivity contribution in [1.29, 1.82) is 0 Å². The number of nitrogens with zero attached hydrogens (tertiary/aromatic N) is 1. The van der Waals surface area contributed by atoms with Crippen LogP contribution in [-0.4, -0.2) is 25.4 Å². The summed E-state index contributed by atoms with van der Waals surface area (Å²) in [7, 11) is 3.38. The number of hydrogen-bond donors (Lipinski definition) is 0. The molecule has 0 atom stereocenters. The van der Waals surface area contributed by atoms with Gasteiger partial charge in [-0.3, -0.25) is 4.79 Å². The highest BCUT2D eigenvalue weighted by Crippen LogP contribution is 1.91. The van der Waals surface area contributed by atoms with Crippen molar-refractivity contribution >= 4 is 6.41 Å². The number of carbonyl (C=O) groups excluding carboxylic acids is 1. The van der Waals surface area contributed by atoms with E-state index in [0.29, 0.717) is 0 Å². The summed E-state index contributed by atoms with van der Waals surface area (Å²) in [5.41, 5.74) is 0. The molecular formula is C9H12FNO. The van der Waals surface area contributed by atoms with Crippen LogP contribution in [0.25, 0.3) is 0 Å². The largest absolute Gasteiger partial charge is 0.351 e. The second-order valence-electron chi connectivity index (χ2n) is 2.36. The smallest absolute Gasteiger partial charge is 0.209 e. The van der Waals surface area contributed by atoms with Crippen LogP contribution in [0.15, 0.2) is 30.3 Å². The number of carbonyl (C=O) groups is 1. The number of amides is 1. The third-order valence-electron chi connectivity index (χ3n) is 0.944. The summed E-state index contributed by atoms with van der Waals surface area (Å²) in [6.07, 6.45) is 0.750. The minimum absolute atomic E-state index is 0.178. The van der Waals surface area contributed by atoms with Gasteiger partial charge in [0.1, 0.15) is 5.82 Å². The van der Waals surface area contributed by atoms with Gasteiger partial charge in [0.05, 0.1) is 0 Å². The van der Waals surface area contributed by atoms with Crippen LogP contribution in [0.3, 0.4) is 0 Å². The first-order valence-corrected chi connectivity index (χ1v) is 3.49. The molecule has 12 heavy (non-hydrogen) atoms. The molecule has 0 aliphatic heterocycles. The summed E-state index contributed by atoms with van der Waals surface area (Å²) in [6.45, 7) is 0. The zero-order chi connectivity index (χ0) is 9.40. The van der Waals surface area contributed by atoms with Crippen LogP contribution in [0, 0.1) is 5.82 Å². The van der Waals surface area contributed by atoms with Gasteiger partial charge in [-0.2, -0.15) is 0 Å². The second kappa shape index (κ2) is 6.34. The highest BCUT2D eigenvalue weighted by molar-refractivity contribution is 5.45. The predicted octanol–water partition coefficient (Wildman–Crippen LogP) is 1.53. The van der Waals surface area contributed by atoms with Gasteiger partial charge in [-0.05, 0) is 12.1 Å². The minimum Gasteiger partial charge on any atom is -0.351 e. The lowest BCUT2D eigenvalue weighted by molar-refractivity contribution is -0.115. The molecule has 0 aliphatic rings. The molecule has 2 nitrogen and oxygen atoms in total. The SMILES string of the molecule is CN(C)C=O.Fc1ccccc1. The molecule has 0 saturated carbocycles. The van der Waals surface area contributed by atoms with Crippen LogP contribution in [0.1, 0.15) is 0 Å². The maximum Gasteiger partial charge on any atom is 0.209 e. The predicted molar refractivity (Wildman–Crippen MR) is 46.2 cm³/mol. The molecule has 0 fully saturated rings. The molecule has 0 bridgehead atoms. The minimum atomic E-state index is -0.178. The third kappa shape index (κ3) is 6.74. The zero-order valence-corrected chi connectivity index (χ0v) is 7.20. The Morgan fingerprint density at radius 1 is 1.25 bits per heavy atom. The van der Waals surface area contributed by atoms with Crippen molar-refractivity contribution in [1.82, 2.24) is 4.90 Å². The molecule has 1 amide bonds. The van der Waals surface area contributed by atoms with Gasteiger partial charge in [-0.1, -0.05) is 18.2 Å². The molecule has 1 rings (SSSR count). The Balaban J connectivity index is 0.000000217. The van der Waals surface area contributed by atoms with E-state index >= 15 is 0 Å². The third-order valence-corrected chi connectivity index (χ3v) is 0.944. The Labute approximate surface area is 71.6 Å². The van der Waals surface area contributed by atoms with Crippen LogP contribution >= 0.6 is 0 Å². The normalized spacial score (nSPS) is 7.92. The van der Waals surface area contributed by atoms with E-state index in [1.54, 1.807) is 32.3 Å². The molecule has 0 radical (unpaired) electrons. The monoisotopic (exact) mass is 169 g/mol. The maximum absolute atomic E-state index is 11.9. The Morgan fingerprint density at radius 2 is 1.67 bits per heavy atom. The molecule has 0 saturated heterocycles. The van der Waals surface area contributed by atoms with E-state index in [1.807, 2.05) is 0 Å². The van der Waals surface area contributed by atoms with Gasteiger partial charge in [0.15, 0.2) is 0 Å². The summed E-state index contributed by atoms with van der Waals surface area (Å²) >= 11 is 0. The van der Waals surface area contributed by atoms with Crippen molar-refractivity contribution in [2.45, 2.75) is 0 Å². The summed E-state index contributed by atoms with van der Waals surface area (Å²) in [5, 5.41) is 0. The average Bonchev–Trinajstić information content (AvgIpc) is 2.07. The van der Waals surface area contributed by atoms with Crippen LogP contribution in [0.4, 0.5) is 4.39 Å². The van der Waals surface area contributed by atoms with Gasteiger partial charge < -0.3 is 4.90 Å². The number of halogens is 1. The van der Waals surface area contributed by atoms with E-state index in [0.717, 1.165) is 6.41 Å². The summed E-state index contributed by atoms with van der Waals surface area (Å²) in [4.78, 5) is 10.9. The van der Waals surface area contributed by atoms with Crippen LogP contribution in [0.5, 0.6) is 0 Å². The summed E-state index contributed by atoms with van der Waals surface area (Å²) in [5.74, 6) is -0.178. The Kier molecular flexibility index (Phi) is 5.61. The first-order valence-electron chi connectivity index (χ1n) is 3.49. The van der Waals surface area contributed by atoms with Crippen LogP contribution < -0.4 is 0 Å². The number of hydrogen-bond acceptors (Lipinski definition) is 1. The van der Waals surface area contributed by atoms with Gasteiger partial charge in [0.25, 0.3) is 0 Å². The molecule has 0 spiro atoms. The highest BCUT2D eigenvalue weighted by Gasteiger charge is 1.77. The van der Waals surface area contributed by atoms with E-state index in [2.05, 4.69) is 0 Å². The highest BCUT2D eigenvalue weighted by atomic mass is 19.1. The van der Waals surface area contributed by atoms with E-state index in [4.69, 9.17) is 0 Å². The van der Waals surface area contributed by atoms with Gasteiger partial charge in [-0.25, -0.2) is 4.39 Å². The molecular weight excluding hydrogens is 157 g/mol. The Bertz CT molecular complexity index is 211. The first-order chi connectivity index (χ1) is 5.66. The van der Waals surface area contributed by atoms with Crippen molar-refractivity contribution in [3.8, 4) is 0 Å². The fourth-order valence-corrected chi connectivity index (χ4v) is 0.415. The van der Waals surface area contributed by atoms with E-state index in [1.165, 1.54) is 17.0 Å². The molecule has 66 valence electrons. The van der Waals surface area contributed by atoms with Crippen molar-refractivity contribution in [3.05, 3.63) is 36.1 Å². The van der Waals surface area contributed by atoms with Crippen LogP contribution in [0.2, 0.25) is 0 Å². The van der Waals surface area contributed by atoms with Gasteiger partial charge in [-0.15, -0.1) is 0 Å². The van der Waals surface area contributed by atoms with Gasteiger partial charge >= 0.3 is 0 Å². The van der Waals surface area contributed by atoms with E-state index in [9.17, 15) is 9.18 Å². The number of rotatable bonds is 1. The maximum atomic E-state index is 11.9. The molecule has 0 aliphatic carbocycles. The molecule has 0 N–H and O–H groups in total. The second-order valence-corrected chi connectivity index (χ2v) is 2.36. The van der Waals surface area contributed by atoms with Gasteiger partial charge in [0.2, 0.25) is 6.41 Å². The molecule has 3 heteroatoms. The standard InChI is InChI=1S/C6H5F.C3H7NO/c7-6-4-2-1-3-5-6;1-4(2)3-5/h1-5H;3H,1-2H3. The lowest BCUT2D eigenvalue weighted by Gasteiger charge is -1.93. The molecule has 1 aromatic rings. The first kappa shape index (κ1) is 10.6. The van der Waals surface area contributed by atoms with Crippen molar-refractivity contribution in [3.63, 3.8) is 0 Å². The van der Waals surface area contributed by atoms with E-state index in [-0.39, 0.29) is 5.82 Å². The topological polar surface area (TPSA) is 20.3 Å². The van der Waals surface area contributed by atoms with Gasteiger partial charge in [0, 0.05) is 14.1 Å². The summed E-state index contributed by atoms with van der Waals surface area (Å²) < 4.78 is 11.9. The lowest BCUT2D eigenvalue weighted by atomic mass is 10.4. The Morgan fingerprint density at radius 3 is 1.83 bits per heavy atom. The van der Waals surface area contributed by atoms with E-state index < -0.39 is 0 Å². The van der Waals surface area contributed by atoms with Crippen LogP contribution in [-0.2, 0) is 4.79 Å². The zero-order valence-electron chi connectivity index (χ0n) is 7.20. The van der Waals surface area contributed by atoms with Crippen molar-refractivity contribution in [2.75, 3.05) is 14.1 Å². The van der Waals surface area contributed by atoms with Crippen molar-refractivity contribution < 1.29 is 9.18 Å².